The van der Waals surface area contributed by atoms with E-state index in [0.717, 1.165) is 24.8 Å². The normalized spacial score (nSPS) is 16.3. The minimum Gasteiger partial charge on any atom is -0.496 e. The SMILES string of the molecule is COc1ccccc1/C=N\OCC(=O)N[C@H]1CCCc2ccccc21. The Hall–Kier alpha value is -2.82. The summed E-state index contributed by atoms with van der Waals surface area (Å²) in [7, 11) is 1.60. The first kappa shape index (κ1) is 17.0. The average Bonchev–Trinajstić information content (AvgIpc) is 2.66. The van der Waals surface area contributed by atoms with Crippen LogP contribution in [0.5, 0.6) is 5.75 Å². The van der Waals surface area contributed by atoms with Gasteiger partial charge in [-0.3, -0.25) is 4.79 Å². The van der Waals surface area contributed by atoms with Gasteiger partial charge in [0.05, 0.1) is 19.4 Å². The van der Waals surface area contributed by atoms with E-state index in [9.17, 15) is 4.79 Å². The lowest BCUT2D eigenvalue weighted by Gasteiger charge is -2.26. The Morgan fingerprint density at radius 3 is 2.92 bits per heavy atom. The van der Waals surface area contributed by atoms with Gasteiger partial charge in [-0.2, -0.15) is 0 Å². The number of methoxy groups -OCH3 is 1. The van der Waals surface area contributed by atoms with Gasteiger partial charge in [0, 0.05) is 5.56 Å². The van der Waals surface area contributed by atoms with Crippen LogP contribution in [-0.4, -0.2) is 25.8 Å². The van der Waals surface area contributed by atoms with E-state index in [1.165, 1.54) is 11.1 Å². The fraction of sp³-hybridized carbons (Fsp3) is 0.300. The van der Waals surface area contributed by atoms with Crippen LogP contribution in [0.25, 0.3) is 0 Å². The van der Waals surface area contributed by atoms with Gasteiger partial charge < -0.3 is 14.9 Å². The molecule has 5 heteroatoms. The largest absolute Gasteiger partial charge is 0.496 e. The highest BCUT2D eigenvalue weighted by Crippen LogP contribution is 2.29. The van der Waals surface area contributed by atoms with Crippen molar-refractivity contribution in [3.05, 3.63) is 65.2 Å². The molecule has 130 valence electrons. The summed E-state index contributed by atoms with van der Waals surface area (Å²) < 4.78 is 5.23. The number of fused-ring (bicyclic) bond motifs is 1. The number of amides is 1. The number of rotatable bonds is 6. The van der Waals surface area contributed by atoms with Crippen LogP contribution in [0.3, 0.4) is 0 Å². The number of aryl methyl sites for hydroxylation is 1. The second-order valence-electron chi connectivity index (χ2n) is 5.96. The van der Waals surface area contributed by atoms with Crippen LogP contribution >= 0.6 is 0 Å². The van der Waals surface area contributed by atoms with Gasteiger partial charge in [0.25, 0.3) is 5.91 Å². The van der Waals surface area contributed by atoms with E-state index >= 15 is 0 Å². The molecule has 1 amide bonds. The number of nitrogens with zero attached hydrogens (tertiary/aromatic N) is 1. The van der Waals surface area contributed by atoms with Crippen LogP contribution in [0.4, 0.5) is 0 Å². The third-order valence-electron chi connectivity index (χ3n) is 4.31. The predicted octanol–water partition coefficient (Wildman–Crippen LogP) is 3.24. The highest BCUT2D eigenvalue weighted by molar-refractivity contribution is 5.83. The van der Waals surface area contributed by atoms with Crippen LogP contribution in [-0.2, 0) is 16.1 Å². The fourth-order valence-electron chi connectivity index (χ4n) is 3.10. The maximum absolute atomic E-state index is 12.1. The number of oxime groups is 1. The number of ether oxygens (including phenoxy) is 1. The fourth-order valence-corrected chi connectivity index (χ4v) is 3.10. The molecule has 3 rings (SSSR count). The molecule has 0 heterocycles. The number of carbonyl (C=O) groups is 1. The molecule has 25 heavy (non-hydrogen) atoms. The Labute approximate surface area is 147 Å². The van der Waals surface area contributed by atoms with Crippen molar-refractivity contribution in [3.63, 3.8) is 0 Å². The van der Waals surface area contributed by atoms with E-state index in [1.807, 2.05) is 36.4 Å². The van der Waals surface area contributed by atoms with E-state index in [4.69, 9.17) is 9.57 Å². The van der Waals surface area contributed by atoms with Crippen molar-refractivity contribution >= 4 is 12.1 Å². The van der Waals surface area contributed by atoms with E-state index in [2.05, 4.69) is 22.6 Å². The standard InChI is InChI=1S/C20H22N2O3/c1-24-19-12-5-3-8-16(19)13-21-25-14-20(23)22-18-11-6-9-15-7-2-4-10-17(15)18/h2-5,7-8,10,12-13,18H,6,9,11,14H2,1H3,(H,22,23)/b21-13-/t18-/m0/s1. The van der Waals surface area contributed by atoms with Gasteiger partial charge >= 0.3 is 0 Å². The first-order chi connectivity index (χ1) is 12.3. The molecular weight excluding hydrogens is 316 g/mol. The molecule has 0 saturated carbocycles. The number of nitrogens with one attached hydrogen (secondary N) is 1. The van der Waals surface area contributed by atoms with Gasteiger partial charge in [-0.05, 0) is 42.5 Å². The topological polar surface area (TPSA) is 59.9 Å². The summed E-state index contributed by atoms with van der Waals surface area (Å²) in [6, 6.07) is 15.8. The lowest BCUT2D eigenvalue weighted by Crippen LogP contribution is -2.33. The van der Waals surface area contributed by atoms with Crippen molar-refractivity contribution in [1.82, 2.24) is 5.32 Å². The minimum atomic E-state index is -0.168. The molecule has 1 aliphatic rings. The zero-order chi connectivity index (χ0) is 17.5. The molecule has 0 spiro atoms. The highest BCUT2D eigenvalue weighted by atomic mass is 16.6. The second kappa shape index (κ2) is 8.33. The highest BCUT2D eigenvalue weighted by Gasteiger charge is 2.21. The van der Waals surface area contributed by atoms with Crippen molar-refractivity contribution in [2.75, 3.05) is 13.7 Å². The van der Waals surface area contributed by atoms with E-state index in [-0.39, 0.29) is 18.6 Å². The summed E-state index contributed by atoms with van der Waals surface area (Å²) in [5.41, 5.74) is 3.32. The lowest BCUT2D eigenvalue weighted by atomic mass is 9.88. The Morgan fingerprint density at radius 2 is 2.04 bits per heavy atom. The summed E-state index contributed by atoms with van der Waals surface area (Å²) in [5.74, 6) is 0.539. The summed E-state index contributed by atoms with van der Waals surface area (Å²) in [4.78, 5) is 17.3. The molecule has 0 aliphatic heterocycles. The average molecular weight is 338 g/mol. The Kier molecular flexibility index (Phi) is 5.67. The zero-order valence-electron chi connectivity index (χ0n) is 14.3. The maximum atomic E-state index is 12.1. The molecule has 1 atom stereocenters. The van der Waals surface area contributed by atoms with Crippen LogP contribution in [0.1, 0.15) is 35.6 Å². The molecule has 1 aliphatic carbocycles. The molecule has 0 fully saturated rings. The number of benzene rings is 2. The van der Waals surface area contributed by atoms with Crippen LogP contribution in [0, 0.1) is 0 Å². The third-order valence-corrected chi connectivity index (χ3v) is 4.31. The quantitative estimate of drug-likeness (QED) is 0.650. The molecule has 0 aromatic heterocycles. The van der Waals surface area contributed by atoms with Crippen LogP contribution < -0.4 is 10.1 Å². The van der Waals surface area contributed by atoms with Gasteiger partial charge in [0.2, 0.25) is 0 Å². The van der Waals surface area contributed by atoms with Crippen molar-refractivity contribution in [1.29, 1.82) is 0 Å². The van der Waals surface area contributed by atoms with Crippen molar-refractivity contribution in [2.45, 2.75) is 25.3 Å². The molecule has 0 radical (unpaired) electrons. The molecule has 2 aromatic carbocycles. The minimum absolute atomic E-state index is 0.0549. The Bertz CT molecular complexity index is 758. The molecule has 0 unspecified atom stereocenters. The van der Waals surface area contributed by atoms with Crippen molar-refractivity contribution < 1.29 is 14.4 Å². The van der Waals surface area contributed by atoms with Crippen LogP contribution in [0.2, 0.25) is 0 Å². The van der Waals surface area contributed by atoms with Gasteiger partial charge in [0.15, 0.2) is 6.61 Å². The van der Waals surface area contributed by atoms with Gasteiger partial charge in [-0.25, -0.2) is 0 Å². The molecule has 5 nitrogen and oxygen atoms in total. The zero-order valence-corrected chi connectivity index (χ0v) is 14.3. The predicted molar refractivity (Wildman–Crippen MR) is 96.8 cm³/mol. The molecule has 0 saturated heterocycles. The summed E-state index contributed by atoms with van der Waals surface area (Å²) in [5, 5.41) is 6.90. The molecule has 0 bridgehead atoms. The van der Waals surface area contributed by atoms with Crippen molar-refractivity contribution in [3.8, 4) is 5.75 Å². The number of para-hydroxylation sites is 1. The molecular formula is C20H22N2O3. The van der Waals surface area contributed by atoms with Gasteiger partial charge in [0.1, 0.15) is 5.75 Å². The van der Waals surface area contributed by atoms with E-state index in [1.54, 1.807) is 13.3 Å². The Morgan fingerprint density at radius 1 is 1.24 bits per heavy atom. The van der Waals surface area contributed by atoms with Crippen LogP contribution in [0.15, 0.2) is 53.7 Å². The smallest absolute Gasteiger partial charge is 0.261 e. The van der Waals surface area contributed by atoms with E-state index < -0.39 is 0 Å². The summed E-state index contributed by atoms with van der Waals surface area (Å²) >= 11 is 0. The number of hydrogen-bond donors (Lipinski definition) is 1. The Balaban J connectivity index is 1.51. The maximum Gasteiger partial charge on any atom is 0.261 e. The first-order valence-electron chi connectivity index (χ1n) is 8.43. The summed E-state index contributed by atoms with van der Waals surface area (Å²) in [6.45, 7) is -0.107. The summed E-state index contributed by atoms with van der Waals surface area (Å²) in [6.07, 6.45) is 4.65. The van der Waals surface area contributed by atoms with Gasteiger partial charge in [-0.15, -0.1) is 0 Å². The monoisotopic (exact) mass is 338 g/mol. The lowest BCUT2D eigenvalue weighted by molar-refractivity contribution is -0.126. The van der Waals surface area contributed by atoms with E-state index in [0.29, 0.717) is 5.75 Å². The first-order valence-corrected chi connectivity index (χ1v) is 8.43. The second-order valence-corrected chi connectivity index (χ2v) is 5.96. The van der Waals surface area contributed by atoms with Gasteiger partial charge in [-0.1, -0.05) is 41.6 Å². The van der Waals surface area contributed by atoms with Crippen molar-refractivity contribution in [2.24, 2.45) is 5.16 Å². The third kappa shape index (κ3) is 4.38. The molecule has 2 aromatic rings. The molecule has 1 N–H and O–H groups in total. The number of carbonyl (C=O) groups excluding carboxylic acids is 1. The number of hydrogen-bond acceptors (Lipinski definition) is 4.